The lowest BCUT2D eigenvalue weighted by Crippen LogP contribution is -2.63. The Balaban J connectivity index is 1.92. The third-order valence-electron chi connectivity index (χ3n) is 2.80. The average molecular weight is 208 g/mol. The van der Waals surface area contributed by atoms with Gasteiger partial charge in [-0.3, -0.25) is 4.79 Å². The van der Waals surface area contributed by atoms with Crippen LogP contribution >= 0.6 is 0 Å². The number of hydrogen-bond acceptors (Lipinski definition) is 2. The normalized spacial score (nSPS) is 18.7. The van der Waals surface area contributed by atoms with Gasteiger partial charge in [-0.05, 0) is 18.6 Å². The summed E-state index contributed by atoms with van der Waals surface area (Å²) < 4.78 is 0. The Morgan fingerprint density at radius 1 is 1.67 bits per heavy atom. The molecule has 2 N–H and O–H groups in total. The SMILES string of the molecule is CCCC1(O)CN(C(=O)c2ccc[nH]2)C1. The fraction of sp³-hybridized carbons (Fsp3) is 0.545. The van der Waals surface area contributed by atoms with Crippen molar-refractivity contribution >= 4 is 5.91 Å². The molecule has 2 rings (SSSR count). The zero-order chi connectivity index (χ0) is 10.9. The summed E-state index contributed by atoms with van der Waals surface area (Å²) in [4.78, 5) is 16.3. The number of hydrogen-bond donors (Lipinski definition) is 2. The highest BCUT2D eigenvalue weighted by Gasteiger charge is 2.42. The summed E-state index contributed by atoms with van der Waals surface area (Å²) in [5.41, 5.74) is -0.0506. The van der Waals surface area contributed by atoms with E-state index in [-0.39, 0.29) is 5.91 Å². The molecule has 0 aromatic carbocycles. The lowest BCUT2D eigenvalue weighted by Gasteiger charge is -2.46. The number of nitrogens with zero attached hydrogens (tertiary/aromatic N) is 1. The van der Waals surface area contributed by atoms with E-state index >= 15 is 0 Å². The minimum absolute atomic E-state index is 0.0271. The van der Waals surface area contributed by atoms with Gasteiger partial charge in [-0.25, -0.2) is 0 Å². The maximum absolute atomic E-state index is 11.8. The Bertz CT molecular complexity index is 339. The summed E-state index contributed by atoms with van der Waals surface area (Å²) in [6, 6.07) is 3.55. The number of carbonyl (C=O) groups excluding carboxylic acids is 1. The molecule has 1 fully saturated rings. The molecular formula is C11H16N2O2. The van der Waals surface area contributed by atoms with E-state index in [1.807, 2.05) is 6.92 Å². The van der Waals surface area contributed by atoms with E-state index in [1.54, 1.807) is 23.2 Å². The number of rotatable bonds is 3. The Morgan fingerprint density at radius 3 is 2.93 bits per heavy atom. The van der Waals surface area contributed by atoms with E-state index in [9.17, 15) is 9.90 Å². The Hall–Kier alpha value is -1.29. The highest BCUT2D eigenvalue weighted by Crippen LogP contribution is 2.26. The molecule has 1 saturated heterocycles. The molecule has 0 atom stereocenters. The van der Waals surface area contributed by atoms with Gasteiger partial charge in [0.15, 0.2) is 0 Å². The minimum Gasteiger partial charge on any atom is -0.386 e. The average Bonchev–Trinajstić information content (AvgIpc) is 2.66. The van der Waals surface area contributed by atoms with Gasteiger partial charge >= 0.3 is 0 Å². The third kappa shape index (κ3) is 1.90. The highest BCUT2D eigenvalue weighted by molar-refractivity contribution is 5.93. The van der Waals surface area contributed by atoms with E-state index in [0.29, 0.717) is 18.8 Å². The number of amides is 1. The summed E-state index contributed by atoms with van der Waals surface area (Å²) in [6.07, 6.45) is 3.44. The van der Waals surface area contributed by atoms with Crippen LogP contribution in [0.25, 0.3) is 0 Å². The minimum atomic E-state index is -0.642. The summed E-state index contributed by atoms with van der Waals surface area (Å²) >= 11 is 0. The van der Waals surface area contributed by atoms with Crippen molar-refractivity contribution in [2.24, 2.45) is 0 Å². The zero-order valence-electron chi connectivity index (χ0n) is 8.86. The van der Waals surface area contributed by atoms with Crippen molar-refractivity contribution in [3.05, 3.63) is 24.0 Å². The van der Waals surface area contributed by atoms with Crippen molar-refractivity contribution in [2.45, 2.75) is 25.4 Å². The van der Waals surface area contributed by atoms with Crippen LogP contribution < -0.4 is 0 Å². The molecule has 0 radical (unpaired) electrons. The quantitative estimate of drug-likeness (QED) is 0.778. The van der Waals surface area contributed by atoms with Crippen LogP contribution in [0.5, 0.6) is 0 Å². The third-order valence-corrected chi connectivity index (χ3v) is 2.80. The molecule has 0 bridgehead atoms. The van der Waals surface area contributed by atoms with Crippen LogP contribution in [0, 0.1) is 0 Å². The summed E-state index contributed by atoms with van der Waals surface area (Å²) in [7, 11) is 0. The van der Waals surface area contributed by atoms with Crippen molar-refractivity contribution in [1.82, 2.24) is 9.88 Å². The molecule has 0 spiro atoms. The van der Waals surface area contributed by atoms with Gasteiger partial charge in [0.05, 0.1) is 18.7 Å². The van der Waals surface area contributed by atoms with Gasteiger partial charge in [-0.2, -0.15) is 0 Å². The molecule has 2 heterocycles. The molecule has 1 aliphatic heterocycles. The first-order valence-corrected chi connectivity index (χ1v) is 5.30. The molecule has 1 aliphatic rings. The Kier molecular flexibility index (Phi) is 2.52. The second-order valence-electron chi connectivity index (χ2n) is 4.22. The first kappa shape index (κ1) is 10.2. The van der Waals surface area contributed by atoms with Crippen LogP contribution in [0.4, 0.5) is 0 Å². The van der Waals surface area contributed by atoms with Crippen LogP contribution in [-0.4, -0.2) is 39.6 Å². The number of aliphatic hydroxyl groups is 1. The topological polar surface area (TPSA) is 56.3 Å². The second kappa shape index (κ2) is 3.70. The molecular weight excluding hydrogens is 192 g/mol. The Labute approximate surface area is 88.9 Å². The van der Waals surface area contributed by atoms with Gasteiger partial charge in [-0.15, -0.1) is 0 Å². The summed E-state index contributed by atoms with van der Waals surface area (Å²) in [5.74, 6) is -0.0271. The van der Waals surface area contributed by atoms with E-state index in [0.717, 1.165) is 12.8 Å². The molecule has 15 heavy (non-hydrogen) atoms. The Morgan fingerprint density at radius 2 is 2.40 bits per heavy atom. The molecule has 4 nitrogen and oxygen atoms in total. The van der Waals surface area contributed by atoms with E-state index in [4.69, 9.17) is 0 Å². The highest BCUT2D eigenvalue weighted by atomic mass is 16.3. The first-order valence-electron chi connectivity index (χ1n) is 5.30. The van der Waals surface area contributed by atoms with E-state index in [2.05, 4.69) is 4.98 Å². The zero-order valence-corrected chi connectivity index (χ0v) is 8.86. The lowest BCUT2D eigenvalue weighted by molar-refractivity contribution is -0.0861. The smallest absolute Gasteiger partial charge is 0.270 e. The first-order chi connectivity index (χ1) is 7.14. The van der Waals surface area contributed by atoms with Crippen molar-refractivity contribution in [2.75, 3.05) is 13.1 Å². The second-order valence-corrected chi connectivity index (χ2v) is 4.22. The number of β-amino-alcohol motifs (C(OH)–C–C–N with tert-alkyl or cyclic N) is 1. The summed E-state index contributed by atoms with van der Waals surface area (Å²) in [5, 5.41) is 9.92. The van der Waals surface area contributed by atoms with E-state index in [1.165, 1.54) is 0 Å². The van der Waals surface area contributed by atoms with Gasteiger partial charge in [0, 0.05) is 6.20 Å². The molecule has 1 aromatic heterocycles. The van der Waals surface area contributed by atoms with Crippen LogP contribution in [0.2, 0.25) is 0 Å². The molecule has 1 amide bonds. The van der Waals surface area contributed by atoms with Crippen molar-refractivity contribution < 1.29 is 9.90 Å². The molecule has 4 heteroatoms. The lowest BCUT2D eigenvalue weighted by atomic mass is 9.89. The van der Waals surface area contributed by atoms with Crippen molar-refractivity contribution in [3.63, 3.8) is 0 Å². The number of likely N-dealkylation sites (tertiary alicyclic amines) is 1. The van der Waals surface area contributed by atoms with Gasteiger partial charge < -0.3 is 15.0 Å². The summed E-state index contributed by atoms with van der Waals surface area (Å²) in [6.45, 7) is 2.95. The molecule has 0 saturated carbocycles. The number of H-pyrrole nitrogens is 1. The van der Waals surface area contributed by atoms with Crippen LogP contribution in [-0.2, 0) is 0 Å². The van der Waals surface area contributed by atoms with Gasteiger partial charge in [-0.1, -0.05) is 13.3 Å². The molecule has 0 unspecified atom stereocenters. The number of carbonyl (C=O) groups is 1. The largest absolute Gasteiger partial charge is 0.386 e. The predicted molar refractivity (Wildman–Crippen MR) is 56.6 cm³/mol. The van der Waals surface area contributed by atoms with Gasteiger partial charge in [0.2, 0.25) is 0 Å². The molecule has 82 valence electrons. The molecule has 1 aromatic rings. The number of aromatic nitrogens is 1. The maximum atomic E-state index is 11.8. The van der Waals surface area contributed by atoms with Crippen LogP contribution in [0.15, 0.2) is 18.3 Å². The fourth-order valence-electron chi connectivity index (χ4n) is 2.07. The number of nitrogens with one attached hydrogen (secondary N) is 1. The van der Waals surface area contributed by atoms with Gasteiger partial charge in [0.25, 0.3) is 5.91 Å². The monoisotopic (exact) mass is 208 g/mol. The van der Waals surface area contributed by atoms with Crippen molar-refractivity contribution in [3.8, 4) is 0 Å². The fourth-order valence-corrected chi connectivity index (χ4v) is 2.07. The maximum Gasteiger partial charge on any atom is 0.270 e. The van der Waals surface area contributed by atoms with Gasteiger partial charge in [0.1, 0.15) is 5.69 Å². The predicted octanol–water partition coefficient (Wildman–Crippen LogP) is 1.00. The standard InChI is InChI=1S/C11H16N2O2/c1-2-5-11(15)7-13(8-11)10(14)9-4-3-6-12-9/h3-4,6,12,15H,2,5,7-8H2,1H3. The molecule has 0 aliphatic carbocycles. The van der Waals surface area contributed by atoms with E-state index < -0.39 is 5.60 Å². The van der Waals surface area contributed by atoms with Crippen molar-refractivity contribution in [1.29, 1.82) is 0 Å². The number of aromatic amines is 1. The van der Waals surface area contributed by atoms with Crippen LogP contribution in [0.3, 0.4) is 0 Å². The van der Waals surface area contributed by atoms with Crippen LogP contribution in [0.1, 0.15) is 30.3 Å².